The highest BCUT2D eigenvalue weighted by Crippen LogP contribution is 2.40. The summed E-state index contributed by atoms with van der Waals surface area (Å²) in [7, 11) is -4.89. The second-order valence-electron chi connectivity index (χ2n) is 14.8. The van der Waals surface area contributed by atoms with Crippen molar-refractivity contribution in [2.75, 3.05) is 54.7 Å². The Morgan fingerprint density at radius 2 is 1.75 bits per heavy atom. The number of fused-ring (bicyclic) bond motifs is 2. The molecule has 1 aliphatic carbocycles. The SMILES string of the molecule is CC.CCCc1cc2c(c(F)c1OCC(=O)OCC)OCC2.CC[C@H]1CC(=O)CC(C)C1=O.CCc1c(NS(=O)(=O)c2ccc[nH]2)cc2c(c1F)NCN2C.CS(=O)(=O)c1cccs1. The molecule has 3 N–H and O–H groups in total. The minimum atomic E-state index is -3.77. The number of rotatable bonds is 12. The molecule has 14 nitrogen and oxygen atoms in total. The number of carbonyl (C=O) groups excluding carboxylic acids is 3. The Labute approximate surface area is 380 Å². The molecule has 0 bridgehead atoms. The third kappa shape index (κ3) is 14.2. The van der Waals surface area contributed by atoms with Gasteiger partial charge in [-0.15, -0.1) is 11.3 Å². The van der Waals surface area contributed by atoms with Crippen molar-refractivity contribution in [2.45, 2.75) is 103 Å². The number of sulfone groups is 1. The first-order chi connectivity index (χ1) is 30.4. The average Bonchev–Trinajstić information content (AvgIpc) is 4.10. The van der Waals surface area contributed by atoms with Crippen molar-refractivity contribution in [3.05, 3.63) is 76.3 Å². The van der Waals surface area contributed by atoms with Crippen molar-refractivity contribution in [1.29, 1.82) is 0 Å². The third-order valence-electron chi connectivity index (χ3n) is 10.1. The number of thiophene rings is 1. The Balaban J connectivity index is 0.000000237. The lowest BCUT2D eigenvalue weighted by Gasteiger charge is -2.22. The number of hydrogen-bond donors (Lipinski definition) is 3. The molecule has 0 amide bonds. The van der Waals surface area contributed by atoms with E-state index in [0.29, 0.717) is 66.5 Å². The highest BCUT2D eigenvalue weighted by molar-refractivity contribution is 7.93. The maximum Gasteiger partial charge on any atom is 0.344 e. The number of ether oxygens (including phenoxy) is 3. The van der Waals surface area contributed by atoms with Crippen molar-refractivity contribution >= 4 is 65.8 Å². The van der Waals surface area contributed by atoms with Crippen LogP contribution in [0.3, 0.4) is 0 Å². The van der Waals surface area contributed by atoms with Gasteiger partial charge in [0.1, 0.15) is 15.8 Å². The van der Waals surface area contributed by atoms with Crippen LogP contribution in [-0.2, 0) is 58.2 Å². The topological polar surface area (TPSA) is 190 Å². The number of nitrogens with one attached hydrogen (secondary N) is 3. The van der Waals surface area contributed by atoms with Crippen molar-refractivity contribution in [1.82, 2.24) is 4.98 Å². The average molecular weight is 953 g/mol. The molecule has 1 unspecified atom stereocenters. The van der Waals surface area contributed by atoms with Crippen LogP contribution < -0.4 is 24.4 Å². The van der Waals surface area contributed by atoms with Gasteiger partial charge >= 0.3 is 5.97 Å². The van der Waals surface area contributed by atoms with Crippen LogP contribution in [0.4, 0.5) is 25.8 Å². The number of esters is 1. The largest absolute Gasteiger partial charge is 0.490 e. The summed E-state index contributed by atoms with van der Waals surface area (Å²) < 4.78 is 93.4. The smallest absolute Gasteiger partial charge is 0.344 e. The number of H-pyrrole nitrogens is 1. The number of anilines is 3. The summed E-state index contributed by atoms with van der Waals surface area (Å²) in [6, 6.07) is 9.94. The molecule has 3 aliphatic rings. The summed E-state index contributed by atoms with van der Waals surface area (Å²) in [5.74, 6) is -0.523. The maximum atomic E-state index is 14.6. The number of aromatic amines is 1. The highest BCUT2D eigenvalue weighted by atomic mass is 32.2. The number of ketones is 2. The first-order valence-electron chi connectivity index (χ1n) is 21.4. The monoisotopic (exact) mass is 952 g/mol. The molecular formula is C45H62F2N4O10S3. The van der Waals surface area contributed by atoms with Gasteiger partial charge < -0.3 is 29.4 Å². The van der Waals surface area contributed by atoms with Crippen LogP contribution in [0.25, 0.3) is 0 Å². The lowest BCUT2D eigenvalue weighted by atomic mass is 9.79. The molecule has 0 saturated heterocycles. The molecule has 2 aromatic heterocycles. The third-order valence-corrected chi connectivity index (χ3v) is 14.1. The van der Waals surface area contributed by atoms with E-state index in [1.165, 1.54) is 29.9 Å². The fraction of sp³-hybridized carbons (Fsp3) is 0.489. The van der Waals surface area contributed by atoms with Crippen LogP contribution in [-0.4, -0.2) is 79.1 Å². The van der Waals surface area contributed by atoms with E-state index in [9.17, 15) is 40.0 Å². The summed E-state index contributed by atoms with van der Waals surface area (Å²) in [6.45, 7) is 14.3. The Kier molecular flexibility index (Phi) is 20.7. The van der Waals surface area contributed by atoms with Crippen LogP contribution in [0.5, 0.6) is 11.5 Å². The molecule has 1 saturated carbocycles. The van der Waals surface area contributed by atoms with Crippen molar-refractivity contribution in [3.8, 4) is 11.5 Å². The molecule has 1 fully saturated rings. The van der Waals surface area contributed by atoms with Gasteiger partial charge in [0.25, 0.3) is 10.0 Å². The second-order valence-corrected chi connectivity index (χ2v) is 19.6. The molecule has 0 radical (unpaired) electrons. The Morgan fingerprint density at radius 3 is 2.31 bits per heavy atom. The van der Waals surface area contributed by atoms with Crippen molar-refractivity contribution in [2.24, 2.45) is 11.8 Å². The maximum absolute atomic E-state index is 14.6. The number of carbonyl (C=O) groups is 3. The van der Waals surface area contributed by atoms with Gasteiger partial charge in [0, 0.05) is 61.7 Å². The summed E-state index contributed by atoms with van der Waals surface area (Å²) in [5, 5.41) is 4.77. The Hall–Kier alpha value is -5.01. The molecule has 4 heterocycles. The first-order valence-corrected chi connectivity index (χ1v) is 25.6. The molecule has 19 heteroatoms. The van der Waals surface area contributed by atoms with E-state index < -0.39 is 37.5 Å². The highest BCUT2D eigenvalue weighted by Gasteiger charge is 2.31. The van der Waals surface area contributed by atoms with Crippen molar-refractivity contribution < 1.29 is 54.2 Å². The minimum absolute atomic E-state index is 0.0197. The zero-order valence-corrected chi connectivity index (χ0v) is 40.5. The predicted octanol–water partition coefficient (Wildman–Crippen LogP) is 8.75. The van der Waals surface area contributed by atoms with Gasteiger partial charge in [-0.3, -0.25) is 14.3 Å². The van der Waals surface area contributed by atoms with Gasteiger partial charge in [0.15, 0.2) is 38.8 Å². The first kappa shape index (κ1) is 53.3. The molecule has 2 aromatic carbocycles. The van der Waals surface area contributed by atoms with Gasteiger partial charge in [-0.1, -0.05) is 54.0 Å². The quantitative estimate of drug-likeness (QED) is 0.115. The normalized spacial score (nSPS) is 16.1. The standard InChI is InChI=1S/C15H19FO4.C14H17FN4O2S.C9H14O2.C5H6O2S2.C2H6/c1-3-5-10-8-11-6-7-19-14(11)13(16)15(10)20-9-12(17)18-4-2;1-3-9-10(18-22(20,21)12-5-4-6-16-12)7-11-14(13(9)15)17-8-19(11)2;1-3-7-5-8(10)4-6(2)9(7)11;1-9(6,7)5-3-2-4-8-5;1-2/h8H,3-7,9H2,1-2H3;4-7,16-18H,3,8H2,1-2H3;6-7H,3-5H2,1-2H3;2-4H,1H3;1-2H3/t;;6?,7-;;/m..0../s1. The van der Waals surface area contributed by atoms with Crippen LogP contribution >= 0.6 is 11.3 Å². The van der Waals surface area contributed by atoms with E-state index in [1.54, 1.807) is 43.5 Å². The van der Waals surface area contributed by atoms with Crippen LogP contribution in [0.15, 0.2) is 57.2 Å². The number of Topliss-reactive ketones (excluding diaryl/α,β-unsaturated/α-hetero) is 2. The van der Waals surface area contributed by atoms with Gasteiger partial charge in [-0.2, -0.15) is 12.8 Å². The number of sulfonamides is 1. The molecule has 0 spiro atoms. The summed E-state index contributed by atoms with van der Waals surface area (Å²) >= 11 is 1.24. The van der Waals surface area contributed by atoms with E-state index >= 15 is 0 Å². The number of aryl methyl sites for hydroxylation is 1. The van der Waals surface area contributed by atoms with Crippen LogP contribution in [0.1, 0.15) is 90.8 Å². The Bertz CT molecular complexity index is 2390. The van der Waals surface area contributed by atoms with Gasteiger partial charge in [0.2, 0.25) is 5.82 Å². The fourth-order valence-corrected chi connectivity index (χ4v) is 9.65. The molecule has 354 valence electrons. The molecule has 2 aliphatic heterocycles. The number of halogens is 2. The number of aromatic nitrogens is 1. The van der Waals surface area contributed by atoms with Crippen LogP contribution in [0.2, 0.25) is 0 Å². The lowest BCUT2D eigenvalue weighted by Crippen LogP contribution is -2.31. The van der Waals surface area contributed by atoms with E-state index in [2.05, 4.69) is 15.0 Å². The van der Waals surface area contributed by atoms with Gasteiger partial charge in [0.05, 0.1) is 36.9 Å². The lowest BCUT2D eigenvalue weighted by molar-refractivity contribution is -0.145. The van der Waals surface area contributed by atoms with E-state index in [4.69, 9.17) is 14.2 Å². The molecule has 64 heavy (non-hydrogen) atoms. The van der Waals surface area contributed by atoms with Gasteiger partial charge in [-0.05, 0) is 67.5 Å². The Morgan fingerprint density at radius 1 is 1.03 bits per heavy atom. The summed E-state index contributed by atoms with van der Waals surface area (Å²) in [6.07, 6.45) is 7.16. The van der Waals surface area contributed by atoms with Gasteiger partial charge in [-0.25, -0.2) is 17.6 Å². The minimum Gasteiger partial charge on any atom is -0.490 e. The molecule has 2 atom stereocenters. The number of hydrogen-bond acceptors (Lipinski definition) is 13. The van der Waals surface area contributed by atoms with E-state index in [1.807, 2.05) is 52.6 Å². The zero-order chi connectivity index (χ0) is 47.8. The predicted molar refractivity (Wildman–Crippen MR) is 247 cm³/mol. The number of nitrogens with zero attached hydrogens (tertiary/aromatic N) is 1. The molecular weight excluding hydrogens is 891 g/mol. The zero-order valence-electron chi connectivity index (χ0n) is 38.1. The van der Waals surface area contributed by atoms with E-state index in [0.717, 1.165) is 24.0 Å². The fourth-order valence-electron chi connectivity index (χ4n) is 6.95. The second kappa shape index (κ2) is 24.9. The molecule has 4 aromatic rings. The van der Waals surface area contributed by atoms with E-state index in [-0.39, 0.29) is 58.8 Å². The van der Waals surface area contributed by atoms with Crippen molar-refractivity contribution in [3.63, 3.8) is 0 Å². The summed E-state index contributed by atoms with van der Waals surface area (Å²) in [4.78, 5) is 38.2. The summed E-state index contributed by atoms with van der Waals surface area (Å²) in [5.41, 5.74) is 3.31. The van der Waals surface area contributed by atoms with Crippen LogP contribution in [0, 0.1) is 23.5 Å². The molecule has 7 rings (SSSR count). The number of benzene rings is 2.